The lowest BCUT2D eigenvalue weighted by Gasteiger charge is -2.11. The Balaban J connectivity index is 2.16. The molecule has 0 aliphatic rings. The molecule has 1 aromatic carbocycles. The number of nitrogens with zero attached hydrogens (tertiary/aromatic N) is 1. The van der Waals surface area contributed by atoms with Gasteiger partial charge >= 0.3 is 5.97 Å². The van der Waals surface area contributed by atoms with Crippen molar-refractivity contribution in [2.75, 3.05) is 17.7 Å². The van der Waals surface area contributed by atoms with Crippen molar-refractivity contribution < 1.29 is 9.53 Å². The van der Waals surface area contributed by atoms with Crippen molar-refractivity contribution in [2.45, 2.75) is 20.4 Å². The molecule has 2 aromatic rings. The second-order valence-corrected chi connectivity index (χ2v) is 5.20. The van der Waals surface area contributed by atoms with E-state index in [0.29, 0.717) is 30.1 Å². The van der Waals surface area contributed by atoms with Crippen LogP contribution in [0.15, 0.2) is 23.6 Å². The maximum Gasteiger partial charge on any atom is 0.340 e. The molecule has 0 aliphatic carbocycles. The number of nitrogens with one attached hydrogen (secondary N) is 1. The van der Waals surface area contributed by atoms with Gasteiger partial charge in [0.2, 0.25) is 0 Å². The van der Waals surface area contributed by atoms with Crippen LogP contribution in [0.4, 0.5) is 11.4 Å². The summed E-state index contributed by atoms with van der Waals surface area (Å²) in [5.41, 5.74) is 8.40. The average Bonchev–Trinajstić information content (AvgIpc) is 2.83. The van der Waals surface area contributed by atoms with Crippen LogP contribution in [0.2, 0.25) is 0 Å². The van der Waals surface area contributed by atoms with Gasteiger partial charge in [-0.15, -0.1) is 11.3 Å². The fourth-order valence-electron chi connectivity index (χ4n) is 1.75. The number of carbonyl (C=O) groups is 1. The molecule has 0 fully saturated rings. The Morgan fingerprint density at radius 3 is 2.95 bits per heavy atom. The molecule has 1 aromatic heterocycles. The zero-order valence-electron chi connectivity index (χ0n) is 11.5. The van der Waals surface area contributed by atoms with Gasteiger partial charge in [0.1, 0.15) is 5.01 Å². The van der Waals surface area contributed by atoms with Gasteiger partial charge in [-0.25, -0.2) is 9.78 Å². The molecule has 106 valence electrons. The maximum atomic E-state index is 11.9. The first kappa shape index (κ1) is 14.3. The van der Waals surface area contributed by atoms with Crippen LogP contribution in [-0.4, -0.2) is 17.6 Å². The molecule has 1 heterocycles. The van der Waals surface area contributed by atoms with E-state index in [4.69, 9.17) is 10.5 Å². The molecule has 0 saturated heterocycles. The molecule has 3 N–H and O–H groups in total. The predicted octanol–water partition coefficient (Wildman–Crippen LogP) is 2.82. The Morgan fingerprint density at radius 2 is 2.30 bits per heavy atom. The van der Waals surface area contributed by atoms with Crippen LogP contribution in [0.1, 0.15) is 28.0 Å². The van der Waals surface area contributed by atoms with Crippen molar-refractivity contribution >= 4 is 28.7 Å². The first-order valence-electron chi connectivity index (χ1n) is 6.31. The molecule has 0 aliphatic heterocycles. The van der Waals surface area contributed by atoms with Gasteiger partial charge in [-0.05, 0) is 32.0 Å². The number of aryl methyl sites for hydroxylation is 1. The largest absolute Gasteiger partial charge is 0.462 e. The zero-order chi connectivity index (χ0) is 14.5. The number of nitrogen functional groups attached to an aromatic ring is 1. The topological polar surface area (TPSA) is 77.2 Å². The lowest BCUT2D eigenvalue weighted by Crippen LogP contribution is -2.10. The molecule has 5 nitrogen and oxygen atoms in total. The summed E-state index contributed by atoms with van der Waals surface area (Å²) in [6.45, 7) is 4.62. The lowest BCUT2D eigenvalue weighted by molar-refractivity contribution is 0.0527. The average molecular weight is 291 g/mol. The Morgan fingerprint density at radius 1 is 1.50 bits per heavy atom. The SMILES string of the molecule is CCOC(=O)c1cc(N)ccc1NCc1nc(C)cs1. The summed E-state index contributed by atoms with van der Waals surface area (Å²) < 4.78 is 5.03. The van der Waals surface area contributed by atoms with Crippen molar-refractivity contribution in [3.8, 4) is 0 Å². The highest BCUT2D eigenvalue weighted by Crippen LogP contribution is 2.21. The van der Waals surface area contributed by atoms with E-state index in [0.717, 1.165) is 10.7 Å². The third-order valence-corrected chi connectivity index (χ3v) is 3.60. The van der Waals surface area contributed by atoms with Gasteiger partial charge in [0, 0.05) is 22.4 Å². The first-order chi connectivity index (χ1) is 9.60. The summed E-state index contributed by atoms with van der Waals surface area (Å²) in [7, 11) is 0. The number of hydrogen-bond acceptors (Lipinski definition) is 6. The summed E-state index contributed by atoms with van der Waals surface area (Å²) in [5.74, 6) is -0.377. The molecular weight excluding hydrogens is 274 g/mol. The molecule has 0 unspecified atom stereocenters. The molecule has 0 bridgehead atoms. The summed E-state index contributed by atoms with van der Waals surface area (Å²) >= 11 is 1.58. The molecule has 2 rings (SSSR count). The Hall–Kier alpha value is -2.08. The minimum absolute atomic E-state index is 0.332. The molecule has 0 amide bonds. The van der Waals surface area contributed by atoms with E-state index >= 15 is 0 Å². The highest BCUT2D eigenvalue weighted by Gasteiger charge is 2.13. The monoisotopic (exact) mass is 291 g/mol. The molecule has 20 heavy (non-hydrogen) atoms. The Labute approximate surface area is 121 Å². The smallest absolute Gasteiger partial charge is 0.340 e. The number of ether oxygens (including phenoxy) is 1. The zero-order valence-corrected chi connectivity index (χ0v) is 12.3. The summed E-state index contributed by atoms with van der Waals surface area (Å²) in [6.07, 6.45) is 0. The molecule has 0 atom stereocenters. The minimum Gasteiger partial charge on any atom is -0.462 e. The first-order valence-corrected chi connectivity index (χ1v) is 7.19. The normalized spacial score (nSPS) is 10.3. The van der Waals surface area contributed by atoms with Crippen LogP contribution in [0.25, 0.3) is 0 Å². The molecule has 0 saturated carbocycles. The van der Waals surface area contributed by atoms with E-state index in [1.807, 2.05) is 12.3 Å². The van der Waals surface area contributed by atoms with Crippen LogP contribution in [-0.2, 0) is 11.3 Å². The Kier molecular flexibility index (Phi) is 4.57. The van der Waals surface area contributed by atoms with Gasteiger partial charge in [0.05, 0.1) is 18.7 Å². The Bertz CT molecular complexity index is 610. The molecular formula is C14H17N3O2S. The van der Waals surface area contributed by atoms with E-state index in [1.165, 1.54) is 0 Å². The van der Waals surface area contributed by atoms with Crippen molar-refractivity contribution in [1.82, 2.24) is 4.98 Å². The number of thiazole rings is 1. The summed E-state index contributed by atoms with van der Waals surface area (Å²) in [4.78, 5) is 16.3. The van der Waals surface area contributed by atoms with Crippen LogP contribution >= 0.6 is 11.3 Å². The van der Waals surface area contributed by atoms with E-state index in [-0.39, 0.29) is 5.97 Å². The highest BCUT2D eigenvalue weighted by atomic mass is 32.1. The third kappa shape index (κ3) is 3.48. The quantitative estimate of drug-likeness (QED) is 0.654. The van der Waals surface area contributed by atoms with Crippen molar-refractivity contribution in [2.24, 2.45) is 0 Å². The van der Waals surface area contributed by atoms with Crippen LogP contribution < -0.4 is 11.1 Å². The second-order valence-electron chi connectivity index (χ2n) is 4.26. The predicted molar refractivity (Wildman–Crippen MR) is 81.0 cm³/mol. The number of aromatic nitrogens is 1. The van der Waals surface area contributed by atoms with Crippen molar-refractivity contribution in [1.29, 1.82) is 0 Å². The number of carbonyl (C=O) groups excluding carboxylic acids is 1. The maximum absolute atomic E-state index is 11.9. The van der Waals surface area contributed by atoms with E-state index < -0.39 is 0 Å². The van der Waals surface area contributed by atoms with Crippen LogP contribution in [0.3, 0.4) is 0 Å². The van der Waals surface area contributed by atoms with E-state index in [1.54, 1.807) is 36.5 Å². The fraction of sp³-hybridized carbons (Fsp3) is 0.286. The van der Waals surface area contributed by atoms with Crippen LogP contribution in [0, 0.1) is 6.92 Å². The van der Waals surface area contributed by atoms with Gasteiger partial charge in [-0.3, -0.25) is 0 Å². The fourth-order valence-corrected chi connectivity index (χ4v) is 2.46. The number of benzene rings is 1. The van der Waals surface area contributed by atoms with E-state index in [9.17, 15) is 4.79 Å². The highest BCUT2D eigenvalue weighted by molar-refractivity contribution is 7.09. The summed E-state index contributed by atoms with van der Waals surface area (Å²) in [5, 5.41) is 6.16. The second kappa shape index (κ2) is 6.38. The molecule has 0 radical (unpaired) electrons. The van der Waals surface area contributed by atoms with Gasteiger partial charge in [0.25, 0.3) is 0 Å². The molecule has 0 spiro atoms. The standard InChI is InChI=1S/C14H17N3O2S/c1-3-19-14(18)11-6-10(15)4-5-12(11)16-7-13-17-9(2)8-20-13/h4-6,8,16H,3,7,15H2,1-2H3. The van der Waals surface area contributed by atoms with Crippen molar-refractivity contribution in [3.05, 3.63) is 39.8 Å². The molecule has 6 heteroatoms. The number of hydrogen-bond donors (Lipinski definition) is 2. The van der Waals surface area contributed by atoms with Gasteiger partial charge in [-0.1, -0.05) is 0 Å². The minimum atomic E-state index is -0.377. The lowest BCUT2D eigenvalue weighted by atomic mass is 10.1. The number of nitrogens with two attached hydrogens (primary N) is 1. The number of anilines is 2. The van der Waals surface area contributed by atoms with Gasteiger partial charge in [-0.2, -0.15) is 0 Å². The van der Waals surface area contributed by atoms with E-state index in [2.05, 4.69) is 10.3 Å². The summed E-state index contributed by atoms with van der Waals surface area (Å²) in [6, 6.07) is 5.15. The van der Waals surface area contributed by atoms with Gasteiger partial charge in [0.15, 0.2) is 0 Å². The third-order valence-electron chi connectivity index (χ3n) is 2.64. The van der Waals surface area contributed by atoms with Crippen LogP contribution in [0.5, 0.6) is 0 Å². The number of esters is 1. The van der Waals surface area contributed by atoms with Crippen molar-refractivity contribution in [3.63, 3.8) is 0 Å². The van der Waals surface area contributed by atoms with Gasteiger partial charge < -0.3 is 15.8 Å². The number of rotatable bonds is 5.